The summed E-state index contributed by atoms with van der Waals surface area (Å²) in [5.74, 6) is 0. The normalized spacial score (nSPS) is 11.8. The Morgan fingerprint density at radius 3 is 1.14 bits per heavy atom. The maximum absolute atomic E-state index is 12.3. The molecular weight excluding hydrogens is 632 g/mol. The number of hydrogen-bond acceptors (Lipinski definition) is 8. The van der Waals surface area contributed by atoms with E-state index in [-0.39, 0.29) is 21.2 Å². The van der Waals surface area contributed by atoms with Gasteiger partial charge in [-0.05, 0) is 77.9 Å². The predicted molar refractivity (Wildman–Crippen MR) is 167 cm³/mol. The van der Waals surface area contributed by atoms with E-state index in [9.17, 15) is 29.7 Å². The van der Waals surface area contributed by atoms with Gasteiger partial charge in [0.25, 0.3) is 0 Å². The molecular formula is C26H28B2Cl4N2O8. The number of rotatable bonds is 2. The Bertz CT molecular complexity index is 1530. The minimum Gasteiger partial charge on any atom is -0.443 e. The van der Waals surface area contributed by atoms with E-state index in [1.165, 1.54) is 24.3 Å². The fourth-order valence-electron chi connectivity index (χ4n) is 3.85. The van der Waals surface area contributed by atoms with Gasteiger partial charge in [0.1, 0.15) is 11.2 Å². The van der Waals surface area contributed by atoms with Crippen molar-refractivity contribution in [1.29, 1.82) is 0 Å². The Morgan fingerprint density at radius 1 is 0.595 bits per heavy atom. The van der Waals surface area contributed by atoms with Crippen LogP contribution in [0.25, 0.3) is 21.8 Å². The fourth-order valence-corrected chi connectivity index (χ4v) is 4.51. The minimum absolute atomic E-state index is 0.0161. The van der Waals surface area contributed by atoms with Gasteiger partial charge in [-0.2, -0.15) is 0 Å². The molecule has 0 radical (unpaired) electrons. The first-order valence-corrected chi connectivity index (χ1v) is 13.9. The monoisotopic (exact) mass is 658 g/mol. The Morgan fingerprint density at radius 2 is 0.881 bits per heavy atom. The van der Waals surface area contributed by atoms with Crippen molar-refractivity contribution >= 4 is 106 Å². The number of carbonyl (C=O) groups is 2. The lowest BCUT2D eigenvalue weighted by molar-refractivity contribution is 0.0536. The van der Waals surface area contributed by atoms with E-state index >= 15 is 0 Å². The number of fused-ring (bicyclic) bond motifs is 2. The number of ether oxygens (including phenoxy) is 2. The molecule has 2 aromatic heterocycles. The van der Waals surface area contributed by atoms with Gasteiger partial charge in [0.2, 0.25) is 0 Å². The van der Waals surface area contributed by atoms with Gasteiger partial charge in [0.15, 0.2) is 0 Å². The third-order valence-electron chi connectivity index (χ3n) is 5.43. The van der Waals surface area contributed by atoms with E-state index in [1.54, 1.807) is 53.7 Å². The first-order chi connectivity index (χ1) is 19.2. The molecule has 10 nitrogen and oxygen atoms in total. The first kappa shape index (κ1) is 34.1. The van der Waals surface area contributed by atoms with Crippen molar-refractivity contribution in [2.24, 2.45) is 0 Å². The molecule has 2 heterocycles. The zero-order valence-electron chi connectivity index (χ0n) is 23.4. The van der Waals surface area contributed by atoms with Crippen molar-refractivity contribution < 1.29 is 39.2 Å². The van der Waals surface area contributed by atoms with Gasteiger partial charge in [-0.25, -0.2) is 9.59 Å². The van der Waals surface area contributed by atoms with Crippen LogP contribution in [0.1, 0.15) is 41.5 Å². The quantitative estimate of drug-likeness (QED) is 0.224. The molecule has 4 rings (SSSR count). The highest BCUT2D eigenvalue weighted by Crippen LogP contribution is 2.30. The van der Waals surface area contributed by atoms with Gasteiger partial charge in [-0.1, -0.05) is 46.4 Å². The number of aromatic nitrogens is 2. The highest BCUT2D eigenvalue weighted by molar-refractivity contribution is 6.59. The van der Waals surface area contributed by atoms with E-state index in [4.69, 9.17) is 55.9 Å². The lowest BCUT2D eigenvalue weighted by atomic mass is 9.86. The van der Waals surface area contributed by atoms with Crippen molar-refractivity contribution in [2.75, 3.05) is 0 Å². The highest BCUT2D eigenvalue weighted by atomic mass is 35.5. The zero-order chi connectivity index (χ0) is 31.9. The van der Waals surface area contributed by atoms with Gasteiger partial charge in [0, 0.05) is 10.8 Å². The third-order valence-corrected chi connectivity index (χ3v) is 6.87. The minimum atomic E-state index is -1.83. The molecule has 4 aromatic rings. The largest absolute Gasteiger partial charge is 0.506 e. The Hall–Kier alpha value is -2.41. The average molecular weight is 660 g/mol. The number of nitrogens with zero attached hydrogens (tertiary/aromatic N) is 2. The van der Waals surface area contributed by atoms with Gasteiger partial charge in [-0.3, -0.25) is 9.13 Å². The van der Waals surface area contributed by atoms with Crippen molar-refractivity contribution in [1.82, 2.24) is 9.13 Å². The molecule has 0 aliphatic carbocycles. The standard InChI is InChI=1S/2C13H14BCl2NO4/c2*1-13(2,3)21-12(18)17-10-6-9(16)8(15)4-7(10)5-11(17)14(19)20/h2*4-6,19-20H,1-3H3. The molecule has 16 heteroatoms. The summed E-state index contributed by atoms with van der Waals surface area (Å²) in [6, 6.07) is 8.96. The highest BCUT2D eigenvalue weighted by Gasteiger charge is 2.29. The van der Waals surface area contributed by atoms with Crippen molar-refractivity contribution in [3.05, 3.63) is 56.5 Å². The molecule has 0 spiro atoms. The number of halogens is 4. The zero-order valence-corrected chi connectivity index (χ0v) is 26.5. The fraction of sp³-hybridized carbons (Fsp3) is 0.308. The van der Waals surface area contributed by atoms with Gasteiger partial charge in [0.05, 0.1) is 42.3 Å². The molecule has 2 aromatic carbocycles. The van der Waals surface area contributed by atoms with Crippen LogP contribution in [-0.2, 0) is 9.47 Å². The van der Waals surface area contributed by atoms with E-state index in [1.807, 2.05) is 0 Å². The molecule has 0 amide bonds. The molecule has 0 fully saturated rings. The molecule has 0 saturated carbocycles. The molecule has 0 aliphatic heterocycles. The lowest BCUT2D eigenvalue weighted by Gasteiger charge is -2.21. The summed E-state index contributed by atoms with van der Waals surface area (Å²) in [5, 5.41) is 40.0. The molecule has 224 valence electrons. The van der Waals surface area contributed by atoms with Crippen LogP contribution in [0.4, 0.5) is 9.59 Å². The topological polar surface area (TPSA) is 143 Å². The Kier molecular flexibility index (Phi) is 10.3. The number of benzene rings is 2. The molecule has 0 saturated heterocycles. The lowest BCUT2D eigenvalue weighted by Crippen LogP contribution is -2.41. The van der Waals surface area contributed by atoms with Crippen LogP contribution in [0.3, 0.4) is 0 Å². The van der Waals surface area contributed by atoms with Crippen LogP contribution in [0.15, 0.2) is 36.4 Å². The van der Waals surface area contributed by atoms with Crippen LogP contribution in [0, 0.1) is 0 Å². The summed E-state index contributed by atoms with van der Waals surface area (Å²) < 4.78 is 12.7. The third kappa shape index (κ3) is 7.94. The maximum atomic E-state index is 12.3. The second kappa shape index (κ2) is 12.7. The summed E-state index contributed by atoms with van der Waals surface area (Å²) in [5.41, 5.74) is -0.693. The van der Waals surface area contributed by atoms with E-state index in [0.29, 0.717) is 31.9 Å². The molecule has 0 atom stereocenters. The van der Waals surface area contributed by atoms with Crippen LogP contribution in [0.2, 0.25) is 20.1 Å². The molecule has 0 aliphatic rings. The summed E-state index contributed by atoms with van der Waals surface area (Å²) in [4.78, 5) is 24.6. The maximum Gasteiger partial charge on any atom is 0.506 e. The number of carbonyl (C=O) groups excluding carboxylic acids is 2. The van der Waals surface area contributed by atoms with Crippen molar-refractivity contribution in [3.63, 3.8) is 0 Å². The van der Waals surface area contributed by atoms with Crippen LogP contribution < -0.4 is 11.2 Å². The Labute approximate surface area is 262 Å². The summed E-state index contributed by atoms with van der Waals surface area (Å²) >= 11 is 23.8. The number of hydrogen-bond donors (Lipinski definition) is 4. The smallest absolute Gasteiger partial charge is 0.443 e. The Balaban J connectivity index is 0.000000230. The van der Waals surface area contributed by atoms with Crippen molar-refractivity contribution in [2.45, 2.75) is 52.7 Å². The SMILES string of the molecule is CC(C)(C)OC(=O)n1c(B(O)O)cc2cc(Cl)c(Cl)cc21.CC(C)(C)OC(=O)n1c(B(O)O)cc2cc(Cl)c(Cl)cc21. The molecule has 4 N–H and O–H groups in total. The molecule has 0 bridgehead atoms. The van der Waals surface area contributed by atoms with Gasteiger partial charge in [-0.15, -0.1) is 0 Å². The second-order valence-corrected chi connectivity index (χ2v) is 12.8. The summed E-state index contributed by atoms with van der Waals surface area (Å²) in [7, 11) is -3.66. The average Bonchev–Trinajstić information content (AvgIpc) is 3.36. The van der Waals surface area contributed by atoms with E-state index < -0.39 is 37.6 Å². The van der Waals surface area contributed by atoms with Crippen molar-refractivity contribution in [3.8, 4) is 0 Å². The molecule has 42 heavy (non-hydrogen) atoms. The second-order valence-electron chi connectivity index (χ2n) is 11.2. The van der Waals surface area contributed by atoms with E-state index in [2.05, 4.69) is 0 Å². The predicted octanol–water partition coefficient (Wildman–Crippen LogP) is 4.82. The van der Waals surface area contributed by atoms with E-state index in [0.717, 1.165) is 9.13 Å². The van der Waals surface area contributed by atoms with Crippen LogP contribution >= 0.6 is 46.4 Å². The van der Waals surface area contributed by atoms with Crippen LogP contribution in [-0.4, -0.2) is 66.9 Å². The van der Waals surface area contributed by atoms with Gasteiger partial charge < -0.3 is 29.6 Å². The summed E-state index contributed by atoms with van der Waals surface area (Å²) in [6.07, 6.45) is -1.45. The van der Waals surface area contributed by atoms with Gasteiger partial charge >= 0.3 is 26.4 Å². The van der Waals surface area contributed by atoms with Crippen LogP contribution in [0.5, 0.6) is 0 Å². The first-order valence-electron chi connectivity index (χ1n) is 12.4. The molecule has 0 unspecified atom stereocenters. The summed E-state index contributed by atoms with van der Waals surface area (Å²) in [6.45, 7) is 10.3.